The minimum absolute atomic E-state index is 0.213. The smallest absolute Gasteiger partial charge is 0.240 e. The van der Waals surface area contributed by atoms with Gasteiger partial charge < -0.3 is 10.4 Å². The maximum Gasteiger partial charge on any atom is 0.240 e. The molecule has 0 aliphatic carbocycles. The van der Waals surface area contributed by atoms with E-state index in [9.17, 15) is 13.5 Å². The normalized spacial score (nSPS) is 14.2. The summed E-state index contributed by atoms with van der Waals surface area (Å²) in [6, 6.07) is 12.1. The third kappa shape index (κ3) is 4.66. The molecule has 1 unspecified atom stereocenters. The minimum atomic E-state index is -3.65. The van der Waals surface area contributed by atoms with Crippen LogP contribution in [0.3, 0.4) is 0 Å². The van der Waals surface area contributed by atoms with E-state index >= 15 is 0 Å². The van der Waals surface area contributed by atoms with Crippen molar-refractivity contribution >= 4 is 42.3 Å². The zero-order valence-electron chi connectivity index (χ0n) is 16.3. The third-order valence-electron chi connectivity index (χ3n) is 4.81. The molecule has 30 heavy (non-hydrogen) atoms. The van der Waals surface area contributed by atoms with E-state index < -0.39 is 16.1 Å². The summed E-state index contributed by atoms with van der Waals surface area (Å²) < 4.78 is 29.1. The van der Waals surface area contributed by atoms with E-state index in [1.165, 1.54) is 0 Å². The van der Waals surface area contributed by atoms with Gasteiger partial charge in [0.1, 0.15) is 0 Å². The first-order valence-electron chi connectivity index (χ1n) is 9.50. The quantitative estimate of drug-likeness (QED) is 0.388. The summed E-state index contributed by atoms with van der Waals surface area (Å²) in [7, 11) is -3.65. The average Bonchev–Trinajstić information content (AvgIpc) is 3.20. The molecule has 0 bridgehead atoms. The summed E-state index contributed by atoms with van der Waals surface area (Å²) in [5, 5.41) is 15.2. The molecule has 4 rings (SSSR count). The number of aliphatic hydroxyl groups excluding tert-OH is 1. The number of benzene rings is 2. The molecule has 3 N–H and O–H groups in total. The van der Waals surface area contributed by atoms with Crippen molar-refractivity contribution in [3.05, 3.63) is 65.9 Å². The van der Waals surface area contributed by atoms with Crippen LogP contribution in [0.5, 0.6) is 0 Å². The molecule has 0 fully saturated rings. The van der Waals surface area contributed by atoms with E-state index in [1.54, 1.807) is 60.4 Å². The van der Waals surface area contributed by atoms with Gasteiger partial charge in [-0.3, -0.25) is 4.98 Å². The van der Waals surface area contributed by atoms with Crippen LogP contribution >= 0.6 is 11.3 Å². The summed E-state index contributed by atoms with van der Waals surface area (Å²) in [4.78, 5) is 8.52. The number of nitrogens with zero attached hydrogens (tertiary/aromatic N) is 2. The Balaban J connectivity index is 1.33. The fourth-order valence-corrected chi connectivity index (χ4v) is 5.18. The fourth-order valence-electron chi connectivity index (χ4n) is 3.24. The molecule has 2 atom stereocenters. The lowest BCUT2D eigenvalue weighted by Crippen LogP contribution is -2.40. The molecule has 0 aliphatic rings. The molecule has 156 valence electrons. The molecule has 2 heterocycles. The molecule has 9 heteroatoms. The summed E-state index contributed by atoms with van der Waals surface area (Å²) in [5.41, 5.74) is 3.42. The van der Waals surface area contributed by atoms with Gasteiger partial charge in [-0.1, -0.05) is 12.1 Å². The number of aliphatic hydroxyl groups is 1. The Labute approximate surface area is 178 Å². The Kier molecular flexibility index (Phi) is 6.07. The van der Waals surface area contributed by atoms with Crippen LogP contribution in [0, 0.1) is 0 Å². The predicted octanol–water partition coefficient (Wildman–Crippen LogP) is 2.83. The van der Waals surface area contributed by atoms with Crippen molar-refractivity contribution in [1.29, 1.82) is 0 Å². The summed E-state index contributed by atoms with van der Waals surface area (Å²) in [6.45, 7) is 2.47. The molecular weight excluding hydrogens is 420 g/mol. The van der Waals surface area contributed by atoms with Crippen molar-refractivity contribution in [3.63, 3.8) is 0 Å². The van der Waals surface area contributed by atoms with Gasteiger partial charge in [-0.25, -0.2) is 18.1 Å². The maximum atomic E-state index is 12.7. The van der Waals surface area contributed by atoms with Gasteiger partial charge in [0.05, 0.1) is 26.7 Å². The number of hydrogen-bond acceptors (Lipinski definition) is 7. The number of thiazole rings is 1. The maximum absolute atomic E-state index is 12.7. The number of nitrogens with one attached hydrogen (secondary N) is 2. The number of pyridine rings is 1. The summed E-state index contributed by atoms with van der Waals surface area (Å²) in [5.74, 6) is 0. The third-order valence-corrected chi connectivity index (χ3v) is 7.20. The van der Waals surface area contributed by atoms with Gasteiger partial charge in [-0.2, -0.15) is 0 Å². The zero-order valence-corrected chi connectivity index (χ0v) is 18.0. The van der Waals surface area contributed by atoms with Crippen LogP contribution in [-0.4, -0.2) is 42.6 Å². The van der Waals surface area contributed by atoms with E-state index in [0.29, 0.717) is 13.1 Å². The molecule has 0 aliphatic heterocycles. The van der Waals surface area contributed by atoms with Crippen LogP contribution < -0.4 is 10.0 Å². The van der Waals surface area contributed by atoms with Gasteiger partial charge in [-0.05, 0) is 48.2 Å². The lowest BCUT2D eigenvalue weighted by atomic mass is 10.1. The Bertz CT molecular complexity index is 1270. The summed E-state index contributed by atoms with van der Waals surface area (Å²) in [6.07, 6.45) is 2.63. The van der Waals surface area contributed by atoms with Crippen LogP contribution in [0.25, 0.3) is 21.0 Å². The highest BCUT2D eigenvalue weighted by Gasteiger charge is 2.18. The largest absolute Gasteiger partial charge is 0.387 e. The highest BCUT2D eigenvalue weighted by atomic mass is 32.2. The number of aromatic nitrogens is 2. The minimum Gasteiger partial charge on any atom is -0.387 e. The van der Waals surface area contributed by atoms with Crippen molar-refractivity contribution in [2.45, 2.75) is 24.0 Å². The Hall–Kier alpha value is -2.43. The van der Waals surface area contributed by atoms with Crippen LogP contribution in [0.2, 0.25) is 0 Å². The molecule has 7 nitrogen and oxygen atoms in total. The average molecular weight is 443 g/mol. The van der Waals surface area contributed by atoms with Crippen molar-refractivity contribution in [2.24, 2.45) is 0 Å². The Morgan fingerprint density at radius 3 is 2.83 bits per heavy atom. The van der Waals surface area contributed by atoms with Crippen molar-refractivity contribution in [3.8, 4) is 0 Å². The monoisotopic (exact) mass is 442 g/mol. The fraction of sp³-hybridized carbons (Fsp3) is 0.238. The molecule has 0 radical (unpaired) electrons. The first kappa shape index (κ1) is 20.8. The molecule has 0 amide bonds. The topological polar surface area (TPSA) is 104 Å². The Morgan fingerprint density at radius 2 is 1.97 bits per heavy atom. The van der Waals surface area contributed by atoms with Gasteiger partial charge in [0.25, 0.3) is 0 Å². The number of sulfonamides is 1. The van der Waals surface area contributed by atoms with E-state index in [4.69, 9.17) is 0 Å². The lowest BCUT2D eigenvalue weighted by Gasteiger charge is -2.17. The second kappa shape index (κ2) is 8.75. The highest BCUT2D eigenvalue weighted by molar-refractivity contribution is 7.89. The van der Waals surface area contributed by atoms with Gasteiger partial charge >= 0.3 is 0 Å². The molecule has 0 spiro atoms. The molecule has 2 aromatic heterocycles. The Morgan fingerprint density at radius 1 is 1.10 bits per heavy atom. The van der Waals surface area contributed by atoms with Gasteiger partial charge in [0, 0.05) is 36.9 Å². The van der Waals surface area contributed by atoms with Crippen LogP contribution in [0.4, 0.5) is 0 Å². The predicted molar refractivity (Wildman–Crippen MR) is 119 cm³/mol. The van der Waals surface area contributed by atoms with E-state index in [2.05, 4.69) is 20.0 Å². The summed E-state index contributed by atoms with van der Waals surface area (Å²) >= 11 is 1.56. The molecule has 0 saturated heterocycles. The SMILES string of the molecule is C[C@H](CNCC(O)c1ccc2scnc2c1)NS(=O)(=O)c1ccc2cnccc2c1. The second-order valence-corrected chi connectivity index (χ2v) is 9.76. The first-order chi connectivity index (χ1) is 14.4. The van der Waals surface area contributed by atoms with E-state index in [0.717, 1.165) is 26.6 Å². The first-order valence-corrected chi connectivity index (χ1v) is 11.9. The highest BCUT2D eigenvalue weighted by Crippen LogP contribution is 2.22. The van der Waals surface area contributed by atoms with Gasteiger partial charge in [0.2, 0.25) is 10.0 Å². The van der Waals surface area contributed by atoms with Crippen LogP contribution in [-0.2, 0) is 10.0 Å². The second-order valence-electron chi connectivity index (χ2n) is 7.16. The lowest BCUT2D eigenvalue weighted by molar-refractivity contribution is 0.174. The molecular formula is C21H22N4O3S2. The standard InChI is InChI=1S/C21H22N4O3S2/c1-14(10-23-12-20(26)16-3-5-21-19(9-16)24-13-29-21)25-30(27,28)18-4-2-17-11-22-7-6-15(17)8-18/h2-9,11,13-14,20,23,25-26H,10,12H2,1H3/t14-,20?/m1/s1. The van der Waals surface area contributed by atoms with Crippen molar-refractivity contribution in [2.75, 3.05) is 13.1 Å². The number of fused-ring (bicyclic) bond motifs is 2. The van der Waals surface area contributed by atoms with Gasteiger partial charge in [0.15, 0.2) is 0 Å². The molecule has 2 aromatic carbocycles. The van der Waals surface area contributed by atoms with Gasteiger partial charge in [-0.15, -0.1) is 11.3 Å². The van der Waals surface area contributed by atoms with E-state index in [1.807, 2.05) is 18.2 Å². The number of hydrogen-bond donors (Lipinski definition) is 3. The van der Waals surface area contributed by atoms with Crippen molar-refractivity contribution < 1.29 is 13.5 Å². The van der Waals surface area contributed by atoms with Crippen molar-refractivity contribution in [1.82, 2.24) is 20.0 Å². The van der Waals surface area contributed by atoms with Crippen LogP contribution in [0.15, 0.2) is 65.3 Å². The molecule has 0 saturated carbocycles. The van der Waals surface area contributed by atoms with E-state index in [-0.39, 0.29) is 10.9 Å². The zero-order chi connectivity index (χ0) is 21.1. The molecule has 4 aromatic rings. The number of rotatable bonds is 8. The van der Waals surface area contributed by atoms with Crippen LogP contribution in [0.1, 0.15) is 18.6 Å².